The lowest BCUT2D eigenvalue weighted by Gasteiger charge is -2.11. The van der Waals surface area contributed by atoms with Crippen molar-refractivity contribution in [2.45, 2.75) is 24.4 Å². The lowest BCUT2D eigenvalue weighted by atomic mass is 10.1. The lowest BCUT2D eigenvalue weighted by Crippen LogP contribution is -2.22. The van der Waals surface area contributed by atoms with Crippen molar-refractivity contribution in [2.24, 2.45) is 0 Å². The first-order valence-corrected chi connectivity index (χ1v) is 12.4. The Balaban J connectivity index is 1.51. The van der Waals surface area contributed by atoms with Crippen LogP contribution in [0.1, 0.15) is 22.5 Å². The van der Waals surface area contributed by atoms with E-state index in [-0.39, 0.29) is 17.9 Å². The van der Waals surface area contributed by atoms with Crippen molar-refractivity contribution in [2.75, 3.05) is 0 Å². The molecule has 1 aromatic heterocycles. The number of non-ortho nitro benzene ring substituents is 2. The summed E-state index contributed by atoms with van der Waals surface area (Å²) in [5.41, 5.74) is 3.47. The van der Waals surface area contributed by atoms with E-state index < -0.39 is 15.8 Å². The molecular weight excluding hydrogens is 508 g/mol. The number of nitrogens with zero attached hydrogens (tertiary/aromatic N) is 5. The third-order valence-electron chi connectivity index (χ3n) is 5.59. The SMILES string of the molecule is Cc1ccccc1CSc1nnc(CNC(=O)C=Cc2ccc([N+](=O)[O-])cc2)n1-c1ccc([N+](=O)[O-])cc1. The van der Waals surface area contributed by atoms with Crippen LogP contribution in [0.5, 0.6) is 0 Å². The number of amides is 1. The van der Waals surface area contributed by atoms with E-state index >= 15 is 0 Å². The van der Waals surface area contributed by atoms with Gasteiger partial charge in [-0.05, 0) is 54.0 Å². The predicted octanol–water partition coefficient (Wildman–Crippen LogP) is 5.01. The van der Waals surface area contributed by atoms with Crippen molar-refractivity contribution in [1.29, 1.82) is 0 Å². The number of thioether (sulfide) groups is 1. The van der Waals surface area contributed by atoms with Crippen LogP contribution in [0.2, 0.25) is 0 Å². The first-order valence-electron chi connectivity index (χ1n) is 11.4. The molecule has 0 unspecified atom stereocenters. The van der Waals surface area contributed by atoms with Gasteiger partial charge in [0, 0.05) is 41.8 Å². The molecule has 12 heteroatoms. The molecule has 0 saturated carbocycles. The number of carbonyl (C=O) groups excluding carboxylic acids is 1. The van der Waals surface area contributed by atoms with Gasteiger partial charge in [0.05, 0.1) is 16.4 Å². The van der Waals surface area contributed by atoms with Gasteiger partial charge in [-0.1, -0.05) is 36.0 Å². The van der Waals surface area contributed by atoms with Gasteiger partial charge in [0.2, 0.25) is 5.91 Å². The van der Waals surface area contributed by atoms with Crippen LogP contribution in [-0.2, 0) is 17.1 Å². The Morgan fingerprint density at radius 3 is 2.21 bits per heavy atom. The number of hydrogen-bond acceptors (Lipinski definition) is 8. The van der Waals surface area contributed by atoms with Crippen molar-refractivity contribution in [1.82, 2.24) is 20.1 Å². The smallest absolute Gasteiger partial charge is 0.269 e. The largest absolute Gasteiger partial charge is 0.345 e. The van der Waals surface area contributed by atoms with E-state index in [9.17, 15) is 25.0 Å². The Hall–Kier alpha value is -4.84. The molecule has 0 bridgehead atoms. The second kappa shape index (κ2) is 11.9. The maximum Gasteiger partial charge on any atom is 0.269 e. The highest BCUT2D eigenvalue weighted by Crippen LogP contribution is 2.27. The van der Waals surface area contributed by atoms with Crippen LogP contribution >= 0.6 is 11.8 Å². The number of hydrogen-bond donors (Lipinski definition) is 1. The zero-order valence-electron chi connectivity index (χ0n) is 20.2. The summed E-state index contributed by atoms with van der Waals surface area (Å²) in [4.78, 5) is 33.4. The molecule has 192 valence electrons. The molecule has 0 aliphatic rings. The fourth-order valence-corrected chi connectivity index (χ4v) is 4.56. The molecule has 0 aliphatic heterocycles. The number of rotatable bonds is 10. The van der Waals surface area contributed by atoms with Crippen LogP contribution in [-0.4, -0.2) is 30.5 Å². The minimum Gasteiger partial charge on any atom is -0.345 e. The van der Waals surface area contributed by atoms with Gasteiger partial charge in [0.25, 0.3) is 11.4 Å². The monoisotopic (exact) mass is 530 g/mol. The van der Waals surface area contributed by atoms with Crippen LogP contribution in [0.4, 0.5) is 11.4 Å². The minimum atomic E-state index is -0.491. The summed E-state index contributed by atoms with van der Waals surface area (Å²) in [5, 5.41) is 33.8. The number of aromatic nitrogens is 3. The second-order valence-electron chi connectivity index (χ2n) is 8.12. The summed E-state index contributed by atoms with van der Waals surface area (Å²) in [7, 11) is 0. The Kier molecular flexibility index (Phi) is 8.23. The van der Waals surface area contributed by atoms with E-state index in [2.05, 4.69) is 15.5 Å². The Bertz CT molecular complexity index is 1500. The number of nitro groups is 2. The molecule has 38 heavy (non-hydrogen) atoms. The number of aryl methyl sites for hydroxylation is 1. The maximum atomic E-state index is 12.4. The summed E-state index contributed by atoms with van der Waals surface area (Å²) in [5.74, 6) is 0.696. The molecule has 1 N–H and O–H groups in total. The van der Waals surface area contributed by atoms with Gasteiger partial charge in [-0.3, -0.25) is 29.6 Å². The van der Waals surface area contributed by atoms with Crippen molar-refractivity contribution in [3.8, 4) is 5.69 Å². The van der Waals surface area contributed by atoms with Crippen LogP contribution in [0, 0.1) is 27.2 Å². The predicted molar refractivity (Wildman–Crippen MR) is 143 cm³/mol. The molecule has 0 aliphatic carbocycles. The first-order chi connectivity index (χ1) is 18.3. The van der Waals surface area contributed by atoms with E-state index in [0.29, 0.717) is 28.0 Å². The van der Waals surface area contributed by atoms with Gasteiger partial charge in [-0.25, -0.2) is 0 Å². The molecule has 0 radical (unpaired) electrons. The van der Waals surface area contributed by atoms with Crippen LogP contribution in [0.25, 0.3) is 11.8 Å². The van der Waals surface area contributed by atoms with Gasteiger partial charge in [0.15, 0.2) is 11.0 Å². The van der Waals surface area contributed by atoms with Gasteiger partial charge in [-0.2, -0.15) is 0 Å². The Morgan fingerprint density at radius 1 is 0.947 bits per heavy atom. The summed E-state index contributed by atoms with van der Waals surface area (Å²) in [6.45, 7) is 2.08. The molecule has 3 aromatic carbocycles. The highest BCUT2D eigenvalue weighted by atomic mass is 32.2. The molecule has 1 amide bonds. The Labute approximate surface area is 221 Å². The van der Waals surface area contributed by atoms with Crippen molar-refractivity contribution >= 4 is 35.1 Å². The third kappa shape index (κ3) is 6.48. The second-order valence-corrected chi connectivity index (χ2v) is 9.07. The lowest BCUT2D eigenvalue weighted by molar-refractivity contribution is -0.385. The molecule has 4 aromatic rings. The molecule has 4 rings (SSSR count). The van der Waals surface area contributed by atoms with E-state index in [1.807, 2.05) is 31.2 Å². The zero-order chi connectivity index (χ0) is 27.1. The molecule has 0 spiro atoms. The average Bonchev–Trinajstić information content (AvgIpc) is 3.33. The van der Waals surface area contributed by atoms with E-state index in [0.717, 1.165) is 11.1 Å². The van der Waals surface area contributed by atoms with E-state index in [1.54, 1.807) is 34.9 Å². The quantitative estimate of drug-likeness (QED) is 0.130. The fraction of sp³-hybridized carbons (Fsp3) is 0.115. The van der Waals surface area contributed by atoms with Crippen LogP contribution < -0.4 is 5.32 Å². The molecular formula is C26H22N6O5S. The third-order valence-corrected chi connectivity index (χ3v) is 6.57. The fourth-order valence-electron chi connectivity index (χ4n) is 3.51. The number of carbonyl (C=O) groups is 1. The molecule has 0 fully saturated rings. The zero-order valence-corrected chi connectivity index (χ0v) is 21.0. The van der Waals surface area contributed by atoms with Crippen molar-refractivity contribution < 1.29 is 14.6 Å². The Morgan fingerprint density at radius 2 is 1.58 bits per heavy atom. The summed E-state index contributed by atoms with van der Waals surface area (Å²) in [6, 6.07) is 19.8. The summed E-state index contributed by atoms with van der Waals surface area (Å²) < 4.78 is 1.76. The summed E-state index contributed by atoms with van der Waals surface area (Å²) >= 11 is 1.47. The van der Waals surface area contributed by atoms with Crippen LogP contribution in [0.3, 0.4) is 0 Å². The minimum absolute atomic E-state index is 0.0340. The van der Waals surface area contributed by atoms with Crippen molar-refractivity contribution in [3.05, 3.63) is 122 Å². The molecule has 0 saturated heterocycles. The highest BCUT2D eigenvalue weighted by molar-refractivity contribution is 7.98. The normalized spacial score (nSPS) is 11.0. The topological polar surface area (TPSA) is 146 Å². The standard InChI is InChI=1S/C26H22N6O5S/c1-18-4-2-3-5-20(18)17-38-26-29-28-24(30(26)21-11-13-23(14-12-21)32(36)37)16-27-25(33)15-8-19-6-9-22(10-7-19)31(34)35/h2-15H,16-17H2,1H3,(H,27,33). The molecule has 11 nitrogen and oxygen atoms in total. The highest BCUT2D eigenvalue weighted by Gasteiger charge is 2.17. The van der Waals surface area contributed by atoms with Crippen molar-refractivity contribution in [3.63, 3.8) is 0 Å². The van der Waals surface area contributed by atoms with Crippen LogP contribution in [0.15, 0.2) is 84.0 Å². The first kappa shape index (κ1) is 26.2. The number of nitro benzene ring substituents is 2. The van der Waals surface area contributed by atoms with Gasteiger partial charge in [-0.15, -0.1) is 10.2 Å². The molecule has 0 atom stereocenters. The van der Waals surface area contributed by atoms with E-state index in [4.69, 9.17) is 0 Å². The number of benzene rings is 3. The summed E-state index contributed by atoms with van der Waals surface area (Å²) in [6.07, 6.45) is 2.87. The number of nitrogens with one attached hydrogen (secondary N) is 1. The molecule has 1 heterocycles. The van der Waals surface area contributed by atoms with Gasteiger partial charge >= 0.3 is 0 Å². The maximum absolute atomic E-state index is 12.4. The average molecular weight is 531 g/mol. The van der Waals surface area contributed by atoms with Gasteiger partial charge < -0.3 is 5.32 Å². The van der Waals surface area contributed by atoms with Gasteiger partial charge in [0.1, 0.15) is 0 Å². The van der Waals surface area contributed by atoms with E-state index in [1.165, 1.54) is 42.1 Å².